The fourth-order valence-electron chi connectivity index (χ4n) is 4.46. The zero-order valence-electron chi connectivity index (χ0n) is 19.4. The number of carbonyl (C=O) groups is 2. The smallest absolute Gasteiger partial charge is 0.425 e. The number of amides is 2. The van der Waals surface area contributed by atoms with Crippen LogP contribution in [-0.2, 0) is 19.4 Å². The van der Waals surface area contributed by atoms with Crippen molar-refractivity contribution in [1.29, 1.82) is 5.26 Å². The number of halogens is 6. The summed E-state index contributed by atoms with van der Waals surface area (Å²) in [6.45, 7) is -0.743. The van der Waals surface area contributed by atoms with Crippen LogP contribution in [0.25, 0.3) is 0 Å². The van der Waals surface area contributed by atoms with Crippen molar-refractivity contribution in [2.75, 3.05) is 19.6 Å². The van der Waals surface area contributed by atoms with Gasteiger partial charge in [-0.1, -0.05) is 11.6 Å². The molecule has 0 bridgehead atoms. The zero-order chi connectivity index (χ0) is 27.8. The van der Waals surface area contributed by atoms with Gasteiger partial charge in [0.05, 0.1) is 39.6 Å². The lowest BCUT2D eigenvalue weighted by Gasteiger charge is -2.24. The van der Waals surface area contributed by atoms with E-state index in [-0.39, 0.29) is 25.1 Å². The van der Waals surface area contributed by atoms with Gasteiger partial charge in [-0.25, -0.2) is 17.2 Å². The molecule has 1 N–H and O–H groups in total. The van der Waals surface area contributed by atoms with E-state index in [1.807, 2.05) is 0 Å². The summed E-state index contributed by atoms with van der Waals surface area (Å²) in [6, 6.07) is 4.58. The predicted octanol–water partition coefficient (Wildman–Crippen LogP) is 3.35. The van der Waals surface area contributed by atoms with Crippen molar-refractivity contribution in [2.24, 2.45) is 11.8 Å². The summed E-state index contributed by atoms with van der Waals surface area (Å²) in [7, 11) is -4.32. The first-order valence-corrected chi connectivity index (χ1v) is 13.1. The molecule has 8 nitrogen and oxygen atoms in total. The summed E-state index contributed by atoms with van der Waals surface area (Å²) in [5.74, 6) is -7.41. The molecule has 1 aromatic carbocycles. The van der Waals surface area contributed by atoms with Crippen LogP contribution in [-0.4, -0.2) is 68.2 Å². The number of alkyl halides is 5. The second-order valence-corrected chi connectivity index (χ2v) is 11.6. The number of ether oxygens (including phenoxy) is 1. The van der Waals surface area contributed by atoms with Crippen molar-refractivity contribution in [2.45, 2.75) is 54.5 Å². The van der Waals surface area contributed by atoms with Crippen molar-refractivity contribution >= 4 is 33.3 Å². The van der Waals surface area contributed by atoms with E-state index in [0.29, 0.717) is 0 Å². The molecule has 1 aliphatic carbocycles. The molecular formula is C22H23ClF5N3O5S. The van der Waals surface area contributed by atoms with E-state index < -0.39 is 86.4 Å². The van der Waals surface area contributed by atoms with Gasteiger partial charge in [0.1, 0.15) is 12.3 Å². The van der Waals surface area contributed by atoms with Crippen LogP contribution in [0.3, 0.4) is 0 Å². The number of nitrogens with zero attached hydrogens (tertiary/aromatic N) is 2. The zero-order valence-corrected chi connectivity index (χ0v) is 21.0. The van der Waals surface area contributed by atoms with Crippen LogP contribution < -0.4 is 10.1 Å². The van der Waals surface area contributed by atoms with Gasteiger partial charge in [-0.2, -0.15) is 18.4 Å². The Morgan fingerprint density at radius 3 is 2.49 bits per heavy atom. The molecule has 1 saturated carbocycles. The Bertz CT molecular complexity index is 1200. The molecule has 1 aromatic rings. The first kappa shape index (κ1) is 28.9. The highest BCUT2D eigenvalue weighted by molar-refractivity contribution is 7.92. The summed E-state index contributed by atoms with van der Waals surface area (Å²) in [5, 5.41) is 9.27. The minimum atomic E-state index is -4.66. The molecular weight excluding hydrogens is 549 g/mol. The van der Waals surface area contributed by atoms with Crippen molar-refractivity contribution in [3.8, 4) is 11.8 Å². The molecule has 37 heavy (non-hydrogen) atoms. The number of sulfone groups is 1. The Kier molecular flexibility index (Phi) is 8.28. The quantitative estimate of drug-likeness (QED) is 0.396. The average molecular weight is 572 g/mol. The number of hydrogen-bond donors (Lipinski definition) is 1. The molecule has 1 saturated heterocycles. The monoisotopic (exact) mass is 571 g/mol. The summed E-state index contributed by atoms with van der Waals surface area (Å²) in [5.41, 5.74) is 0. The van der Waals surface area contributed by atoms with Crippen molar-refractivity contribution < 1.29 is 44.7 Å². The number of hydrogen-bond acceptors (Lipinski definition) is 6. The second-order valence-electron chi connectivity index (χ2n) is 8.99. The van der Waals surface area contributed by atoms with Crippen LogP contribution >= 0.6 is 11.6 Å². The van der Waals surface area contributed by atoms with Gasteiger partial charge in [-0.05, 0) is 31.9 Å². The lowest BCUT2D eigenvalue weighted by atomic mass is 9.93. The van der Waals surface area contributed by atoms with E-state index in [1.54, 1.807) is 6.07 Å². The number of nitriles is 1. The summed E-state index contributed by atoms with van der Waals surface area (Å²) in [6.07, 6.45) is -8.12. The van der Waals surface area contributed by atoms with Crippen molar-refractivity contribution in [3.05, 3.63) is 23.2 Å². The highest BCUT2D eigenvalue weighted by atomic mass is 35.5. The average Bonchev–Trinajstić information content (AvgIpc) is 3.40. The normalized spacial score (nSPS) is 24.4. The first-order valence-electron chi connectivity index (χ1n) is 11.1. The summed E-state index contributed by atoms with van der Waals surface area (Å²) in [4.78, 5) is 26.2. The van der Waals surface area contributed by atoms with Gasteiger partial charge in [0.15, 0.2) is 15.9 Å². The third-order valence-corrected chi connectivity index (χ3v) is 9.08. The van der Waals surface area contributed by atoms with Gasteiger partial charge in [0.25, 0.3) is 5.92 Å². The highest BCUT2D eigenvalue weighted by Gasteiger charge is 2.51. The molecule has 0 radical (unpaired) electrons. The van der Waals surface area contributed by atoms with Gasteiger partial charge in [-0.3, -0.25) is 9.59 Å². The largest absolute Gasteiger partial charge is 0.481 e. The molecule has 1 heterocycles. The van der Waals surface area contributed by atoms with Crippen molar-refractivity contribution in [1.82, 2.24) is 10.2 Å². The lowest BCUT2D eigenvalue weighted by molar-refractivity contribution is -0.189. The summed E-state index contributed by atoms with van der Waals surface area (Å²) < 4.78 is 97.2. The van der Waals surface area contributed by atoms with Gasteiger partial charge < -0.3 is 15.0 Å². The maximum absolute atomic E-state index is 13.7. The molecule has 204 valence electrons. The Balaban J connectivity index is 1.86. The van der Waals surface area contributed by atoms with Crippen LogP contribution in [0.5, 0.6) is 5.75 Å². The van der Waals surface area contributed by atoms with E-state index in [4.69, 9.17) is 21.6 Å². The third kappa shape index (κ3) is 6.43. The summed E-state index contributed by atoms with van der Waals surface area (Å²) >= 11 is 6.08. The maximum atomic E-state index is 13.7. The molecule has 0 unspecified atom stereocenters. The van der Waals surface area contributed by atoms with Crippen LogP contribution in [0.2, 0.25) is 5.02 Å². The van der Waals surface area contributed by atoms with E-state index in [2.05, 4.69) is 5.32 Å². The molecule has 0 aromatic heterocycles. The number of nitrogens with one attached hydrogen (secondary N) is 1. The number of rotatable bonds is 7. The molecule has 1 aliphatic heterocycles. The van der Waals surface area contributed by atoms with Crippen LogP contribution in [0, 0.1) is 23.2 Å². The third-order valence-electron chi connectivity index (χ3n) is 6.42. The van der Waals surface area contributed by atoms with E-state index >= 15 is 0 Å². The minimum absolute atomic E-state index is 0.254. The fourth-order valence-corrected chi connectivity index (χ4v) is 6.82. The molecule has 2 amide bonds. The standard InChI is InChI=1S/C22H23ClF5N3O5S/c1-12(22(26,27)28)36-13-2-3-18(17(23)8-13)37(34,35)14-9-15(19(32)30-6-5-29)16(10-14)20(33)31-7-4-21(24,25)11-31/h2-3,8,12,14-16H,4,6-7,9-11H2,1H3,(H,30,32)/t12-,14+,15+,16+/m0/s1. The Hall–Kier alpha value is -2.66. The molecule has 0 spiro atoms. The molecule has 2 aliphatic rings. The number of carbonyl (C=O) groups excluding carboxylic acids is 2. The number of benzene rings is 1. The topological polar surface area (TPSA) is 117 Å². The number of likely N-dealkylation sites (tertiary alicyclic amines) is 1. The Morgan fingerprint density at radius 1 is 1.30 bits per heavy atom. The molecule has 2 fully saturated rings. The minimum Gasteiger partial charge on any atom is -0.481 e. The van der Waals surface area contributed by atoms with Crippen molar-refractivity contribution in [3.63, 3.8) is 0 Å². The lowest BCUT2D eigenvalue weighted by Crippen LogP contribution is -2.42. The van der Waals surface area contributed by atoms with Gasteiger partial charge in [-0.15, -0.1) is 0 Å². The first-order chi connectivity index (χ1) is 17.1. The molecule has 3 rings (SSSR count). The molecule has 15 heteroatoms. The van der Waals surface area contributed by atoms with Gasteiger partial charge >= 0.3 is 6.18 Å². The highest BCUT2D eigenvalue weighted by Crippen LogP contribution is 2.42. The van der Waals surface area contributed by atoms with E-state index in [1.165, 1.54) is 0 Å². The van der Waals surface area contributed by atoms with Gasteiger partial charge in [0.2, 0.25) is 11.8 Å². The Labute approximate surface area is 214 Å². The Morgan fingerprint density at radius 2 is 1.95 bits per heavy atom. The van der Waals surface area contributed by atoms with Crippen LogP contribution in [0.4, 0.5) is 22.0 Å². The van der Waals surface area contributed by atoms with Crippen LogP contribution in [0.1, 0.15) is 26.2 Å². The van der Waals surface area contributed by atoms with Crippen LogP contribution in [0.15, 0.2) is 23.1 Å². The van der Waals surface area contributed by atoms with Gasteiger partial charge in [0, 0.05) is 19.0 Å². The fraction of sp³-hybridized carbons (Fsp3) is 0.591. The molecule has 4 atom stereocenters. The SMILES string of the molecule is C[C@H](Oc1ccc(S(=O)(=O)[C@@H]2C[C@@H](C(=O)NCC#N)[C@H](C(=O)N3CCC(F)(F)C3)C2)c(Cl)c1)C(F)(F)F. The van der Waals surface area contributed by atoms with E-state index in [0.717, 1.165) is 30.0 Å². The predicted molar refractivity (Wildman–Crippen MR) is 120 cm³/mol. The van der Waals surface area contributed by atoms with E-state index in [9.17, 15) is 40.0 Å². The maximum Gasteiger partial charge on any atom is 0.425 e. The second kappa shape index (κ2) is 10.6.